The minimum atomic E-state index is -0.448. The number of piperidine rings is 1. The number of thiophene rings is 1. The molecule has 0 saturated carbocycles. The largest absolute Gasteiger partial charge is 0.456 e. The van der Waals surface area contributed by atoms with Gasteiger partial charge in [0.2, 0.25) is 0 Å². The van der Waals surface area contributed by atoms with Crippen LogP contribution in [0.4, 0.5) is 0 Å². The zero-order valence-electron chi connectivity index (χ0n) is 16.8. The van der Waals surface area contributed by atoms with Gasteiger partial charge in [-0.15, -0.1) is 11.3 Å². The Labute approximate surface area is 173 Å². The number of hydrogen-bond acceptors (Lipinski definition) is 6. The smallest absolute Gasteiger partial charge is 0.306 e. The van der Waals surface area contributed by atoms with E-state index in [9.17, 15) is 14.4 Å². The number of fused-ring (bicyclic) bond motifs is 3. The number of likely N-dealkylation sites (tertiary alicyclic amines) is 1. The predicted octanol–water partition coefficient (Wildman–Crippen LogP) is 2.60. The van der Waals surface area contributed by atoms with Crippen LogP contribution in [0.15, 0.2) is 4.79 Å². The SMILES string of the molecule is C[C@H]1CCCN(C(=O)COC(=O)CCc2nc3sc4c(c3c(=O)[nH]2)CCCC4)C1. The van der Waals surface area contributed by atoms with Crippen LogP contribution in [0.5, 0.6) is 0 Å². The molecule has 0 unspecified atom stereocenters. The Bertz CT molecular complexity index is 980. The van der Waals surface area contributed by atoms with Gasteiger partial charge in [-0.25, -0.2) is 4.98 Å². The van der Waals surface area contributed by atoms with E-state index in [4.69, 9.17) is 4.74 Å². The summed E-state index contributed by atoms with van der Waals surface area (Å²) >= 11 is 1.59. The first kappa shape index (κ1) is 20.1. The van der Waals surface area contributed by atoms with Crippen molar-refractivity contribution in [1.82, 2.24) is 14.9 Å². The number of hydrogen-bond donors (Lipinski definition) is 1. The van der Waals surface area contributed by atoms with Crippen LogP contribution in [-0.2, 0) is 33.6 Å². The first-order chi connectivity index (χ1) is 14.0. The third-order valence-electron chi connectivity index (χ3n) is 5.81. The summed E-state index contributed by atoms with van der Waals surface area (Å²) in [6, 6.07) is 0. The summed E-state index contributed by atoms with van der Waals surface area (Å²) in [6.07, 6.45) is 6.73. The van der Waals surface area contributed by atoms with Crippen molar-refractivity contribution < 1.29 is 14.3 Å². The fourth-order valence-electron chi connectivity index (χ4n) is 4.27. The van der Waals surface area contributed by atoms with E-state index in [2.05, 4.69) is 16.9 Å². The molecule has 1 saturated heterocycles. The zero-order valence-corrected chi connectivity index (χ0v) is 17.6. The third kappa shape index (κ3) is 4.52. The van der Waals surface area contributed by atoms with Crippen LogP contribution in [0.1, 0.15) is 55.3 Å². The Balaban J connectivity index is 1.33. The molecule has 1 amide bonds. The molecule has 0 bridgehead atoms. The highest BCUT2D eigenvalue weighted by Gasteiger charge is 2.22. The fourth-order valence-corrected chi connectivity index (χ4v) is 5.55. The van der Waals surface area contributed by atoms with Gasteiger partial charge in [0.15, 0.2) is 6.61 Å². The lowest BCUT2D eigenvalue weighted by atomic mass is 9.97. The van der Waals surface area contributed by atoms with Gasteiger partial charge in [-0.1, -0.05) is 6.92 Å². The van der Waals surface area contributed by atoms with E-state index in [1.165, 1.54) is 4.88 Å². The van der Waals surface area contributed by atoms with E-state index in [-0.39, 0.29) is 24.5 Å². The molecule has 1 N–H and O–H groups in total. The van der Waals surface area contributed by atoms with Crippen LogP contribution in [0.3, 0.4) is 0 Å². The van der Waals surface area contributed by atoms with Gasteiger partial charge in [-0.3, -0.25) is 14.4 Å². The maximum atomic E-state index is 12.5. The predicted molar refractivity (Wildman–Crippen MR) is 111 cm³/mol. The van der Waals surface area contributed by atoms with E-state index < -0.39 is 5.97 Å². The molecule has 2 aromatic rings. The van der Waals surface area contributed by atoms with Gasteiger partial charge >= 0.3 is 5.97 Å². The molecule has 29 heavy (non-hydrogen) atoms. The number of rotatable bonds is 5. The molecule has 0 aromatic carbocycles. The first-order valence-corrected chi connectivity index (χ1v) is 11.3. The summed E-state index contributed by atoms with van der Waals surface area (Å²) in [5.41, 5.74) is 1.04. The molecule has 3 heterocycles. The number of aromatic amines is 1. The van der Waals surface area contributed by atoms with E-state index in [0.29, 0.717) is 18.2 Å². The lowest BCUT2D eigenvalue weighted by Crippen LogP contribution is -2.41. The highest BCUT2D eigenvalue weighted by atomic mass is 32.1. The van der Waals surface area contributed by atoms with Crippen LogP contribution in [-0.4, -0.2) is 46.4 Å². The van der Waals surface area contributed by atoms with Crippen molar-refractivity contribution >= 4 is 33.4 Å². The highest BCUT2D eigenvalue weighted by Crippen LogP contribution is 2.33. The molecule has 1 fully saturated rings. The van der Waals surface area contributed by atoms with Crippen molar-refractivity contribution in [3.05, 3.63) is 26.6 Å². The molecule has 8 heteroatoms. The third-order valence-corrected chi connectivity index (χ3v) is 6.99. The van der Waals surface area contributed by atoms with Crippen molar-refractivity contribution in [2.24, 2.45) is 5.92 Å². The quantitative estimate of drug-likeness (QED) is 0.755. The lowest BCUT2D eigenvalue weighted by Gasteiger charge is -2.30. The molecule has 1 atom stereocenters. The van der Waals surface area contributed by atoms with Crippen LogP contribution in [0.2, 0.25) is 0 Å². The van der Waals surface area contributed by atoms with Crippen molar-refractivity contribution in [1.29, 1.82) is 0 Å². The average Bonchev–Trinajstić information content (AvgIpc) is 3.09. The summed E-state index contributed by atoms with van der Waals surface area (Å²) < 4.78 is 5.15. The molecule has 2 aromatic heterocycles. The first-order valence-electron chi connectivity index (χ1n) is 10.5. The van der Waals surface area contributed by atoms with Crippen LogP contribution >= 0.6 is 11.3 Å². The topological polar surface area (TPSA) is 92.4 Å². The van der Waals surface area contributed by atoms with Crippen LogP contribution in [0.25, 0.3) is 10.2 Å². The van der Waals surface area contributed by atoms with Crippen molar-refractivity contribution in [2.75, 3.05) is 19.7 Å². The number of nitrogens with one attached hydrogen (secondary N) is 1. The summed E-state index contributed by atoms with van der Waals surface area (Å²) in [7, 11) is 0. The van der Waals surface area contributed by atoms with Gasteiger partial charge in [0.1, 0.15) is 10.7 Å². The number of esters is 1. The molecule has 1 aliphatic carbocycles. The molecule has 0 spiro atoms. The molecule has 1 aliphatic heterocycles. The monoisotopic (exact) mass is 417 g/mol. The second kappa shape index (κ2) is 8.65. The van der Waals surface area contributed by atoms with Gasteiger partial charge in [0.25, 0.3) is 11.5 Å². The van der Waals surface area contributed by atoms with Crippen LogP contribution < -0.4 is 5.56 Å². The summed E-state index contributed by atoms with van der Waals surface area (Å²) in [5, 5.41) is 0.720. The summed E-state index contributed by atoms with van der Waals surface area (Å²) in [4.78, 5) is 48.0. The Hall–Kier alpha value is -2.22. The standard InChI is InChI=1S/C21H27N3O4S/c1-13-5-4-10-24(11-13)17(25)12-28-18(26)9-8-16-22-20(27)19-14-6-2-3-7-15(14)29-21(19)23-16/h13H,2-12H2,1H3,(H,22,23,27)/t13-/m0/s1. The number of carbonyl (C=O) groups is 2. The number of ether oxygens (including phenoxy) is 1. The number of nitrogens with zero attached hydrogens (tertiary/aromatic N) is 2. The minimum absolute atomic E-state index is 0.0865. The molecular weight excluding hydrogens is 390 g/mol. The molecule has 2 aliphatic rings. The average molecular weight is 418 g/mol. The second-order valence-corrected chi connectivity index (χ2v) is 9.24. The molecule has 156 valence electrons. The van der Waals surface area contributed by atoms with Gasteiger partial charge in [0.05, 0.1) is 11.8 Å². The van der Waals surface area contributed by atoms with Gasteiger partial charge in [0, 0.05) is 24.4 Å². The molecular formula is C21H27N3O4S. The summed E-state index contributed by atoms with van der Waals surface area (Å²) in [5.74, 6) is 0.400. The van der Waals surface area contributed by atoms with E-state index >= 15 is 0 Å². The number of aromatic nitrogens is 2. The minimum Gasteiger partial charge on any atom is -0.456 e. The van der Waals surface area contributed by atoms with Crippen molar-refractivity contribution in [3.63, 3.8) is 0 Å². The van der Waals surface area contributed by atoms with Gasteiger partial charge < -0.3 is 14.6 Å². The van der Waals surface area contributed by atoms with Crippen LogP contribution in [0, 0.1) is 5.92 Å². The number of carbonyl (C=O) groups excluding carboxylic acids is 2. The highest BCUT2D eigenvalue weighted by molar-refractivity contribution is 7.18. The van der Waals surface area contributed by atoms with Gasteiger partial charge in [-0.2, -0.15) is 0 Å². The normalized spacial score (nSPS) is 19.2. The maximum absolute atomic E-state index is 12.5. The Morgan fingerprint density at radius 2 is 2.10 bits per heavy atom. The molecule has 0 radical (unpaired) electrons. The Morgan fingerprint density at radius 1 is 1.28 bits per heavy atom. The van der Waals surface area contributed by atoms with Crippen molar-refractivity contribution in [3.8, 4) is 0 Å². The lowest BCUT2D eigenvalue weighted by molar-refractivity contribution is -0.152. The Kier molecular flexibility index (Phi) is 5.99. The van der Waals surface area contributed by atoms with Crippen molar-refractivity contribution in [2.45, 2.75) is 58.3 Å². The van der Waals surface area contributed by atoms with E-state index in [0.717, 1.165) is 67.4 Å². The second-order valence-electron chi connectivity index (χ2n) is 8.15. The fraction of sp³-hybridized carbons (Fsp3) is 0.619. The zero-order chi connectivity index (χ0) is 20.4. The number of aryl methyl sites for hydroxylation is 3. The summed E-state index contributed by atoms with van der Waals surface area (Å²) in [6.45, 7) is 3.37. The maximum Gasteiger partial charge on any atom is 0.306 e. The number of H-pyrrole nitrogens is 1. The molecule has 4 rings (SSSR count). The van der Waals surface area contributed by atoms with E-state index in [1.54, 1.807) is 16.2 Å². The number of amides is 1. The van der Waals surface area contributed by atoms with Gasteiger partial charge in [-0.05, 0) is 50.0 Å². The molecule has 7 nitrogen and oxygen atoms in total. The Morgan fingerprint density at radius 3 is 2.93 bits per heavy atom. The van der Waals surface area contributed by atoms with E-state index in [1.807, 2.05) is 0 Å².